The van der Waals surface area contributed by atoms with Crippen molar-refractivity contribution >= 4 is 15.9 Å². The summed E-state index contributed by atoms with van der Waals surface area (Å²) in [5, 5.41) is 9.24. The van der Waals surface area contributed by atoms with E-state index in [2.05, 4.69) is 22.0 Å². The van der Waals surface area contributed by atoms with Gasteiger partial charge in [0.15, 0.2) is 11.5 Å². The Labute approximate surface area is 167 Å². The molecule has 2 aliphatic carbocycles. The Balaban J connectivity index is 1.45. The van der Waals surface area contributed by atoms with Crippen LogP contribution in [0.15, 0.2) is 48.5 Å². The maximum atomic E-state index is 9.24. The van der Waals surface area contributed by atoms with Gasteiger partial charge in [-0.05, 0) is 42.9 Å². The number of halogens is 1. The van der Waals surface area contributed by atoms with Crippen LogP contribution in [0.3, 0.4) is 0 Å². The monoisotopic (exact) mass is 425 g/mol. The average molecular weight is 426 g/mol. The van der Waals surface area contributed by atoms with E-state index in [9.17, 15) is 5.26 Å². The molecule has 2 aromatic carbocycles. The summed E-state index contributed by atoms with van der Waals surface area (Å²) in [6, 6.07) is 17.6. The molecule has 5 heteroatoms. The van der Waals surface area contributed by atoms with Crippen molar-refractivity contribution < 1.29 is 14.2 Å². The Morgan fingerprint density at radius 3 is 2.63 bits per heavy atom. The molecular formula is C22H20BrNO3. The standard InChI is InChI=1S/C22H20BrNO3/c23-19-14-11-16-17(12-14)22(27-21(16)19)26-20-13(9-10-24)5-4-8-18(20)25-15-6-2-1-3-7-15/h1-8,14,16-17,19,21-22H,9,11-12H2/t14?,16?,17?,19-,21?,22+/m0/s1. The van der Waals surface area contributed by atoms with Crippen molar-refractivity contribution in [3.63, 3.8) is 0 Å². The Hall–Kier alpha value is -2.03. The summed E-state index contributed by atoms with van der Waals surface area (Å²) in [5.74, 6) is 3.68. The first-order valence-corrected chi connectivity index (χ1v) is 10.3. The van der Waals surface area contributed by atoms with Gasteiger partial charge in [0.25, 0.3) is 0 Å². The summed E-state index contributed by atoms with van der Waals surface area (Å²) in [5.41, 5.74) is 0.832. The summed E-state index contributed by atoms with van der Waals surface area (Å²) in [6.07, 6.45) is 2.59. The topological polar surface area (TPSA) is 51.5 Å². The molecule has 2 aromatic rings. The van der Waals surface area contributed by atoms with Crippen LogP contribution >= 0.6 is 15.9 Å². The quantitative estimate of drug-likeness (QED) is 0.627. The molecule has 3 aliphatic rings. The Bertz CT molecular complexity index is 881. The third kappa shape index (κ3) is 2.92. The number of hydrogen-bond donors (Lipinski definition) is 0. The van der Waals surface area contributed by atoms with Crippen molar-refractivity contribution in [2.24, 2.45) is 17.8 Å². The van der Waals surface area contributed by atoms with Gasteiger partial charge in [-0.15, -0.1) is 0 Å². The van der Waals surface area contributed by atoms with Crippen molar-refractivity contribution in [1.82, 2.24) is 0 Å². The number of fused-ring (bicyclic) bond motifs is 1. The lowest BCUT2D eigenvalue weighted by Crippen LogP contribution is -2.27. The summed E-state index contributed by atoms with van der Waals surface area (Å²) in [7, 11) is 0. The SMILES string of the molecule is N#CCc1cccc(Oc2ccccc2)c1O[C@@H]1OC2C3CC(CC31)[C@@H]2Br. The van der Waals surface area contributed by atoms with Crippen LogP contribution in [-0.4, -0.2) is 17.2 Å². The predicted molar refractivity (Wildman–Crippen MR) is 104 cm³/mol. The molecule has 1 aliphatic heterocycles. The maximum absolute atomic E-state index is 9.24. The molecular weight excluding hydrogens is 406 g/mol. The molecule has 27 heavy (non-hydrogen) atoms. The van der Waals surface area contributed by atoms with Crippen LogP contribution in [0.2, 0.25) is 0 Å². The molecule has 0 aromatic heterocycles. The van der Waals surface area contributed by atoms with Crippen LogP contribution in [0.4, 0.5) is 0 Å². The number of hydrogen-bond acceptors (Lipinski definition) is 4. The molecule has 4 nitrogen and oxygen atoms in total. The number of alkyl halides is 1. The van der Waals surface area contributed by atoms with Crippen LogP contribution in [0.25, 0.3) is 0 Å². The van der Waals surface area contributed by atoms with Crippen molar-refractivity contribution in [3.05, 3.63) is 54.1 Å². The summed E-state index contributed by atoms with van der Waals surface area (Å²) in [4.78, 5) is 0.432. The normalized spacial score (nSPS) is 33.0. The van der Waals surface area contributed by atoms with Gasteiger partial charge in [-0.1, -0.05) is 46.3 Å². The fourth-order valence-electron chi connectivity index (χ4n) is 4.88. The summed E-state index contributed by atoms with van der Waals surface area (Å²) < 4.78 is 18.8. The first kappa shape index (κ1) is 17.1. The molecule has 0 N–H and O–H groups in total. The third-order valence-corrected chi connectivity index (χ3v) is 7.33. The van der Waals surface area contributed by atoms with Gasteiger partial charge in [-0.2, -0.15) is 5.26 Å². The molecule has 4 unspecified atom stereocenters. The van der Waals surface area contributed by atoms with E-state index in [0.29, 0.717) is 34.1 Å². The number of rotatable bonds is 5. The Morgan fingerprint density at radius 2 is 1.89 bits per heavy atom. The van der Waals surface area contributed by atoms with Crippen LogP contribution < -0.4 is 9.47 Å². The van der Waals surface area contributed by atoms with E-state index in [4.69, 9.17) is 14.2 Å². The van der Waals surface area contributed by atoms with Crippen LogP contribution in [0, 0.1) is 29.1 Å². The highest BCUT2D eigenvalue weighted by atomic mass is 79.9. The van der Waals surface area contributed by atoms with Gasteiger partial charge < -0.3 is 14.2 Å². The lowest BCUT2D eigenvalue weighted by Gasteiger charge is -2.22. The van der Waals surface area contributed by atoms with Crippen LogP contribution in [0.5, 0.6) is 17.2 Å². The van der Waals surface area contributed by atoms with E-state index in [1.807, 2.05) is 48.5 Å². The van der Waals surface area contributed by atoms with E-state index in [-0.39, 0.29) is 18.8 Å². The lowest BCUT2D eigenvalue weighted by atomic mass is 9.89. The Kier molecular flexibility index (Phi) is 4.34. The van der Waals surface area contributed by atoms with Crippen LogP contribution in [0.1, 0.15) is 18.4 Å². The van der Waals surface area contributed by atoms with Gasteiger partial charge in [0, 0.05) is 16.3 Å². The van der Waals surface area contributed by atoms with Gasteiger partial charge in [-0.25, -0.2) is 0 Å². The molecule has 2 bridgehead atoms. The zero-order valence-electron chi connectivity index (χ0n) is 14.8. The van der Waals surface area contributed by atoms with Crippen molar-refractivity contribution in [2.75, 3.05) is 0 Å². The molecule has 1 heterocycles. The highest BCUT2D eigenvalue weighted by Crippen LogP contribution is 2.59. The second kappa shape index (κ2) is 6.85. The molecule has 138 valence electrons. The van der Waals surface area contributed by atoms with Crippen molar-refractivity contribution in [3.8, 4) is 23.3 Å². The zero-order chi connectivity index (χ0) is 18.4. The predicted octanol–water partition coefficient (Wildman–Crippen LogP) is 5.07. The van der Waals surface area contributed by atoms with E-state index in [1.54, 1.807) is 0 Å². The van der Waals surface area contributed by atoms with Gasteiger partial charge in [-0.3, -0.25) is 0 Å². The summed E-state index contributed by atoms with van der Waals surface area (Å²) in [6.45, 7) is 0. The highest BCUT2D eigenvalue weighted by molar-refractivity contribution is 9.09. The first-order chi connectivity index (χ1) is 13.2. The molecule has 1 saturated heterocycles. The summed E-state index contributed by atoms with van der Waals surface area (Å²) >= 11 is 3.81. The maximum Gasteiger partial charge on any atom is 0.203 e. The Morgan fingerprint density at radius 1 is 1.07 bits per heavy atom. The largest absolute Gasteiger partial charge is 0.460 e. The number of ether oxygens (including phenoxy) is 3. The third-order valence-electron chi connectivity index (χ3n) is 6.06. The zero-order valence-corrected chi connectivity index (χ0v) is 16.3. The first-order valence-electron chi connectivity index (χ1n) is 9.42. The van der Waals surface area contributed by atoms with Crippen molar-refractivity contribution in [2.45, 2.75) is 36.5 Å². The van der Waals surface area contributed by atoms with Gasteiger partial charge in [0.2, 0.25) is 6.29 Å². The lowest BCUT2D eigenvalue weighted by molar-refractivity contribution is -0.0826. The van der Waals surface area contributed by atoms with Crippen molar-refractivity contribution in [1.29, 1.82) is 5.26 Å². The average Bonchev–Trinajstić information content (AvgIpc) is 3.30. The highest BCUT2D eigenvalue weighted by Gasteiger charge is 2.61. The van der Waals surface area contributed by atoms with Crippen LogP contribution in [-0.2, 0) is 11.2 Å². The molecule has 6 atom stereocenters. The minimum absolute atomic E-state index is 0.236. The second-order valence-corrected chi connectivity index (χ2v) is 8.64. The number of para-hydroxylation sites is 2. The second-order valence-electron chi connectivity index (χ2n) is 7.58. The fourth-order valence-corrected chi connectivity index (χ4v) is 5.83. The number of benzene rings is 2. The molecule has 5 rings (SSSR count). The van der Waals surface area contributed by atoms with E-state index in [0.717, 1.165) is 17.7 Å². The number of nitriles is 1. The van der Waals surface area contributed by atoms with E-state index < -0.39 is 0 Å². The molecule has 0 spiro atoms. The van der Waals surface area contributed by atoms with E-state index >= 15 is 0 Å². The molecule has 2 saturated carbocycles. The molecule has 3 fully saturated rings. The molecule has 0 amide bonds. The van der Waals surface area contributed by atoms with Gasteiger partial charge in [0.05, 0.1) is 18.6 Å². The van der Waals surface area contributed by atoms with Gasteiger partial charge in [0.1, 0.15) is 5.75 Å². The minimum Gasteiger partial charge on any atom is -0.460 e. The molecule has 0 radical (unpaired) electrons. The van der Waals surface area contributed by atoms with Gasteiger partial charge >= 0.3 is 0 Å². The number of nitrogens with zero attached hydrogens (tertiary/aromatic N) is 1. The fraction of sp³-hybridized carbons (Fsp3) is 0.409. The minimum atomic E-state index is -0.273. The smallest absolute Gasteiger partial charge is 0.203 e. The van der Waals surface area contributed by atoms with E-state index in [1.165, 1.54) is 6.42 Å².